The highest BCUT2D eigenvalue weighted by Gasteiger charge is 2.20. The van der Waals surface area contributed by atoms with Gasteiger partial charge in [-0.25, -0.2) is 0 Å². The first kappa shape index (κ1) is 74.3. The van der Waals surface area contributed by atoms with E-state index in [9.17, 15) is 19.8 Å². The summed E-state index contributed by atoms with van der Waals surface area (Å²) in [5, 5.41) is 23.4. The molecule has 6 heteroatoms. The zero-order valence-electron chi connectivity index (χ0n) is 51.5. The number of aliphatic hydroxyl groups excluding tert-OH is 2. The van der Waals surface area contributed by atoms with Crippen LogP contribution in [0.2, 0.25) is 0 Å². The standard InChI is InChI=1S/C70H135NO5/c1-3-5-7-9-11-13-15-17-19-21-23-24-25-26-27-28-30-34-38-42-46-50-54-58-62-68(73)67(66-72)71-69(74)63-59-55-51-47-43-39-35-31-29-33-37-41-45-49-53-57-61-65-76-70(75)64-60-56-52-48-44-40-36-32-22-20-18-16-14-12-10-8-6-4-2/h29,33,41,45,67-68,72-73H,3-28,30-32,34-40,42-44,46-66H2,1-2H3,(H,71,74)/b33-29-,45-41-. The van der Waals surface area contributed by atoms with Crippen LogP contribution < -0.4 is 5.32 Å². The highest BCUT2D eigenvalue weighted by molar-refractivity contribution is 5.76. The second kappa shape index (κ2) is 65.9. The molecule has 6 nitrogen and oxygen atoms in total. The average molecular weight is 1070 g/mol. The molecule has 0 aromatic carbocycles. The van der Waals surface area contributed by atoms with Crippen LogP contribution in [0.15, 0.2) is 24.3 Å². The highest BCUT2D eigenvalue weighted by atomic mass is 16.5. The van der Waals surface area contributed by atoms with Gasteiger partial charge in [0.1, 0.15) is 0 Å². The Labute approximate surface area is 475 Å². The molecule has 0 heterocycles. The van der Waals surface area contributed by atoms with E-state index in [0.29, 0.717) is 25.9 Å². The molecule has 76 heavy (non-hydrogen) atoms. The number of esters is 1. The van der Waals surface area contributed by atoms with Crippen LogP contribution in [0.25, 0.3) is 0 Å². The number of aliphatic hydroxyl groups is 2. The Morgan fingerprint density at radius 3 is 1.00 bits per heavy atom. The van der Waals surface area contributed by atoms with E-state index < -0.39 is 12.1 Å². The third-order valence-electron chi connectivity index (χ3n) is 16.3. The third-order valence-corrected chi connectivity index (χ3v) is 16.3. The Morgan fingerprint density at radius 2 is 0.658 bits per heavy atom. The predicted octanol–water partition coefficient (Wildman–Crippen LogP) is 22.1. The summed E-state index contributed by atoms with van der Waals surface area (Å²) in [7, 11) is 0. The predicted molar refractivity (Wildman–Crippen MR) is 333 cm³/mol. The topological polar surface area (TPSA) is 95.9 Å². The Bertz CT molecular complexity index is 1190. The van der Waals surface area contributed by atoms with E-state index in [1.807, 2.05) is 0 Å². The molecule has 0 aliphatic rings. The molecule has 0 radical (unpaired) electrons. The van der Waals surface area contributed by atoms with Gasteiger partial charge < -0.3 is 20.3 Å². The molecule has 450 valence electrons. The van der Waals surface area contributed by atoms with Crippen molar-refractivity contribution >= 4 is 11.9 Å². The van der Waals surface area contributed by atoms with E-state index in [-0.39, 0.29) is 18.5 Å². The Hall–Kier alpha value is -1.66. The summed E-state index contributed by atoms with van der Waals surface area (Å²) in [6.45, 7) is 4.95. The number of hydrogen-bond acceptors (Lipinski definition) is 5. The maximum atomic E-state index is 12.5. The lowest BCUT2D eigenvalue weighted by molar-refractivity contribution is -0.143. The molecule has 0 aromatic heterocycles. The molecule has 0 aromatic rings. The number of ether oxygens (including phenoxy) is 1. The monoisotopic (exact) mass is 1070 g/mol. The van der Waals surface area contributed by atoms with Crippen molar-refractivity contribution in [3.63, 3.8) is 0 Å². The van der Waals surface area contributed by atoms with Crippen molar-refractivity contribution in [3.8, 4) is 0 Å². The molecular formula is C70H135NO5. The van der Waals surface area contributed by atoms with Crippen LogP contribution in [-0.2, 0) is 14.3 Å². The van der Waals surface area contributed by atoms with Gasteiger partial charge in [0.2, 0.25) is 5.91 Å². The third kappa shape index (κ3) is 61.6. The van der Waals surface area contributed by atoms with Crippen LogP contribution in [0.3, 0.4) is 0 Å². The first-order valence-electron chi connectivity index (χ1n) is 34.6. The molecular weight excluding hydrogens is 935 g/mol. The van der Waals surface area contributed by atoms with E-state index in [4.69, 9.17) is 4.74 Å². The zero-order valence-corrected chi connectivity index (χ0v) is 51.5. The van der Waals surface area contributed by atoms with Gasteiger partial charge in [0.05, 0.1) is 25.4 Å². The van der Waals surface area contributed by atoms with E-state index in [1.54, 1.807) is 0 Å². The maximum Gasteiger partial charge on any atom is 0.305 e. The van der Waals surface area contributed by atoms with Gasteiger partial charge in [-0.15, -0.1) is 0 Å². The minimum absolute atomic E-state index is 0.00991. The summed E-state index contributed by atoms with van der Waals surface area (Å²) >= 11 is 0. The summed E-state index contributed by atoms with van der Waals surface area (Å²) in [4.78, 5) is 24.6. The van der Waals surface area contributed by atoms with Crippen molar-refractivity contribution in [2.24, 2.45) is 0 Å². The van der Waals surface area contributed by atoms with Crippen LogP contribution in [0.4, 0.5) is 0 Å². The number of carbonyl (C=O) groups excluding carboxylic acids is 2. The van der Waals surface area contributed by atoms with Crippen molar-refractivity contribution in [2.45, 2.75) is 398 Å². The minimum atomic E-state index is -0.676. The minimum Gasteiger partial charge on any atom is -0.466 e. The SMILES string of the molecule is CCCCCCCCCCCCCCCCCCCCCCCCCCC(O)C(CO)NC(=O)CCCCCCCCC/C=C\C/C=C\CCCCCOC(=O)CCCCCCCCCCCCCCCCCCCC. The first-order valence-corrected chi connectivity index (χ1v) is 34.6. The summed E-state index contributed by atoms with van der Waals surface area (Å²) in [6.07, 6.45) is 82.1. The fraction of sp³-hybridized carbons (Fsp3) is 0.914. The molecule has 0 spiro atoms. The highest BCUT2D eigenvalue weighted by Crippen LogP contribution is 2.19. The molecule has 0 fully saturated rings. The van der Waals surface area contributed by atoms with Crippen LogP contribution >= 0.6 is 0 Å². The number of carbonyl (C=O) groups is 2. The Morgan fingerprint density at radius 1 is 0.368 bits per heavy atom. The summed E-state index contributed by atoms with van der Waals surface area (Å²) < 4.78 is 5.48. The molecule has 3 N–H and O–H groups in total. The van der Waals surface area contributed by atoms with E-state index in [1.165, 1.54) is 270 Å². The molecule has 0 saturated heterocycles. The number of allylic oxidation sites excluding steroid dienone is 4. The van der Waals surface area contributed by atoms with Crippen LogP contribution in [0.1, 0.15) is 386 Å². The van der Waals surface area contributed by atoms with Gasteiger partial charge in [0.25, 0.3) is 0 Å². The first-order chi connectivity index (χ1) is 37.5. The molecule has 1 amide bonds. The van der Waals surface area contributed by atoms with Gasteiger partial charge in [-0.05, 0) is 64.2 Å². The van der Waals surface area contributed by atoms with Crippen molar-refractivity contribution in [3.05, 3.63) is 24.3 Å². The van der Waals surface area contributed by atoms with Crippen molar-refractivity contribution < 1.29 is 24.5 Å². The fourth-order valence-corrected chi connectivity index (χ4v) is 11.0. The van der Waals surface area contributed by atoms with Crippen LogP contribution in [-0.4, -0.2) is 47.4 Å². The average Bonchev–Trinajstić information content (AvgIpc) is 3.42. The van der Waals surface area contributed by atoms with E-state index in [0.717, 1.165) is 83.5 Å². The van der Waals surface area contributed by atoms with Gasteiger partial charge in [0.15, 0.2) is 0 Å². The number of hydrogen-bond donors (Lipinski definition) is 3. The van der Waals surface area contributed by atoms with Gasteiger partial charge in [-0.3, -0.25) is 9.59 Å². The molecule has 0 rings (SSSR count). The zero-order chi connectivity index (χ0) is 55.0. The largest absolute Gasteiger partial charge is 0.466 e. The second-order valence-corrected chi connectivity index (χ2v) is 23.9. The van der Waals surface area contributed by atoms with E-state index in [2.05, 4.69) is 43.5 Å². The molecule has 2 unspecified atom stereocenters. The second-order valence-electron chi connectivity index (χ2n) is 23.9. The Balaban J connectivity index is 3.46. The molecule has 0 saturated carbocycles. The molecule has 0 aliphatic heterocycles. The number of nitrogens with one attached hydrogen (secondary N) is 1. The van der Waals surface area contributed by atoms with Crippen LogP contribution in [0.5, 0.6) is 0 Å². The van der Waals surface area contributed by atoms with Gasteiger partial charge in [0, 0.05) is 12.8 Å². The van der Waals surface area contributed by atoms with Gasteiger partial charge in [-0.2, -0.15) is 0 Å². The molecule has 0 bridgehead atoms. The smallest absolute Gasteiger partial charge is 0.305 e. The number of amides is 1. The van der Waals surface area contributed by atoms with Gasteiger partial charge >= 0.3 is 5.97 Å². The maximum absolute atomic E-state index is 12.5. The number of rotatable bonds is 65. The fourth-order valence-electron chi connectivity index (χ4n) is 11.0. The molecule has 2 atom stereocenters. The van der Waals surface area contributed by atoms with Gasteiger partial charge in [-0.1, -0.05) is 334 Å². The lowest BCUT2D eigenvalue weighted by atomic mass is 10.0. The van der Waals surface area contributed by atoms with Crippen molar-refractivity contribution in [2.75, 3.05) is 13.2 Å². The number of unbranched alkanes of at least 4 members (excludes halogenated alkanes) is 50. The van der Waals surface area contributed by atoms with Crippen molar-refractivity contribution in [1.82, 2.24) is 5.32 Å². The summed E-state index contributed by atoms with van der Waals surface area (Å²) in [6, 6.07) is -0.555. The quantitative estimate of drug-likeness (QED) is 0.0320. The molecule has 0 aliphatic carbocycles. The van der Waals surface area contributed by atoms with Crippen LogP contribution in [0, 0.1) is 0 Å². The summed E-state index contributed by atoms with van der Waals surface area (Å²) in [5.41, 5.74) is 0. The normalized spacial score (nSPS) is 12.6. The summed E-state index contributed by atoms with van der Waals surface area (Å²) in [5.74, 6) is -0.0565. The lowest BCUT2D eigenvalue weighted by Crippen LogP contribution is -2.45. The van der Waals surface area contributed by atoms with Crippen molar-refractivity contribution in [1.29, 1.82) is 0 Å². The Kier molecular flexibility index (Phi) is 64.4. The van der Waals surface area contributed by atoms with E-state index >= 15 is 0 Å². The lowest BCUT2D eigenvalue weighted by Gasteiger charge is -2.22.